The summed E-state index contributed by atoms with van der Waals surface area (Å²) in [5.41, 5.74) is 1.47. The van der Waals surface area contributed by atoms with Crippen molar-refractivity contribution in [1.29, 1.82) is 0 Å². The van der Waals surface area contributed by atoms with Gasteiger partial charge >= 0.3 is 0 Å². The molecule has 1 aliphatic heterocycles. The molecule has 0 amide bonds. The number of hydrogen-bond acceptors (Lipinski definition) is 3. The molecule has 23 heavy (non-hydrogen) atoms. The number of imidazole rings is 1. The Balaban J connectivity index is 1.67. The average Bonchev–Trinajstić information content (AvgIpc) is 3.13. The maximum absolute atomic E-state index is 4.18. The smallest absolute Gasteiger partial charge is 0.0945 e. The van der Waals surface area contributed by atoms with Crippen LogP contribution in [0.25, 0.3) is 0 Å². The van der Waals surface area contributed by atoms with E-state index in [9.17, 15) is 0 Å². The molecule has 0 bridgehead atoms. The minimum absolute atomic E-state index is 0.360. The van der Waals surface area contributed by atoms with E-state index in [1.54, 1.807) is 0 Å². The summed E-state index contributed by atoms with van der Waals surface area (Å²) in [5.74, 6) is 1.31. The van der Waals surface area contributed by atoms with Gasteiger partial charge in [-0.1, -0.05) is 37.3 Å². The first-order valence-corrected chi connectivity index (χ1v) is 10.5. The lowest BCUT2D eigenvalue weighted by Gasteiger charge is -2.40. The molecule has 3 rings (SSSR count). The van der Waals surface area contributed by atoms with Crippen molar-refractivity contribution in [3.8, 4) is 0 Å². The zero-order chi connectivity index (χ0) is 16.0. The maximum atomic E-state index is 4.18. The molecule has 1 saturated heterocycles. The average molecular weight is 347 g/mol. The quantitative estimate of drug-likeness (QED) is 0.682. The van der Waals surface area contributed by atoms with Crippen molar-refractivity contribution in [1.82, 2.24) is 9.55 Å². The summed E-state index contributed by atoms with van der Waals surface area (Å²) in [6.07, 6.45) is 12.2. The van der Waals surface area contributed by atoms with Gasteiger partial charge in [0.05, 0.1) is 10.4 Å². The molecule has 1 aromatic carbocycles. The Morgan fingerprint density at radius 3 is 2.87 bits per heavy atom. The van der Waals surface area contributed by atoms with Crippen LogP contribution >= 0.6 is 23.5 Å². The van der Waals surface area contributed by atoms with Crippen molar-refractivity contribution in [3.63, 3.8) is 0 Å². The topological polar surface area (TPSA) is 17.8 Å². The molecule has 0 N–H and O–H groups in total. The minimum Gasteiger partial charge on any atom is -0.337 e. The van der Waals surface area contributed by atoms with E-state index in [0.717, 1.165) is 11.8 Å². The van der Waals surface area contributed by atoms with Gasteiger partial charge in [0.15, 0.2) is 0 Å². The van der Waals surface area contributed by atoms with Crippen molar-refractivity contribution in [3.05, 3.63) is 54.6 Å². The molecule has 2 aromatic rings. The third-order valence-electron chi connectivity index (χ3n) is 4.59. The first kappa shape index (κ1) is 17.0. The third-order valence-corrected chi connectivity index (χ3v) is 8.35. The van der Waals surface area contributed by atoms with Crippen molar-refractivity contribution in [2.75, 3.05) is 5.75 Å². The number of aryl methyl sites for hydroxylation is 2. The summed E-state index contributed by atoms with van der Waals surface area (Å²) in [5, 5.41) is 0.829. The fourth-order valence-electron chi connectivity index (χ4n) is 3.15. The number of nitrogens with zero attached hydrogens (tertiary/aromatic N) is 2. The van der Waals surface area contributed by atoms with E-state index in [2.05, 4.69) is 76.5 Å². The summed E-state index contributed by atoms with van der Waals surface area (Å²) in [4.78, 5) is 4.18. The zero-order valence-corrected chi connectivity index (χ0v) is 15.5. The van der Waals surface area contributed by atoms with Gasteiger partial charge in [0.25, 0.3) is 0 Å². The second-order valence-electron chi connectivity index (χ2n) is 6.23. The number of thioether (sulfide) groups is 2. The van der Waals surface area contributed by atoms with Crippen LogP contribution in [0.5, 0.6) is 0 Å². The molecule has 1 aliphatic rings. The van der Waals surface area contributed by atoms with Crippen LogP contribution in [0.2, 0.25) is 0 Å². The SMILES string of the molecule is CCC1CCSC(CCc2ccccc2)(CCn2ccnc2)S1. The number of benzene rings is 1. The van der Waals surface area contributed by atoms with Gasteiger partial charge < -0.3 is 4.57 Å². The molecule has 124 valence electrons. The van der Waals surface area contributed by atoms with E-state index in [1.165, 1.54) is 43.4 Å². The second-order valence-corrected chi connectivity index (χ2v) is 9.65. The van der Waals surface area contributed by atoms with E-state index in [0.29, 0.717) is 4.08 Å². The molecule has 2 unspecified atom stereocenters. The number of aromatic nitrogens is 2. The van der Waals surface area contributed by atoms with Crippen molar-refractivity contribution < 1.29 is 0 Å². The van der Waals surface area contributed by atoms with Crippen LogP contribution in [0.15, 0.2) is 49.1 Å². The molecular formula is C19H26N2S2. The van der Waals surface area contributed by atoms with Crippen LogP contribution in [-0.4, -0.2) is 24.6 Å². The molecule has 2 nitrogen and oxygen atoms in total. The standard InChI is InChI=1S/C19H26N2S2/c1-2-18-9-15-22-19(23-18,11-13-21-14-12-20-16-21)10-8-17-6-4-3-5-7-17/h3-7,12,14,16,18H,2,8-11,13,15H2,1H3. The first-order chi connectivity index (χ1) is 11.3. The van der Waals surface area contributed by atoms with Crippen LogP contribution in [0.3, 0.4) is 0 Å². The fourth-order valence-corrected chi connectivity index (χ4v) is 6.92. The van der Waals surface area contributed by atoms with Crippen LogP contribution in [0.1, 0.15) is 38.2 Å². The number of rotatable bonds is 7. The lowest BCUT2D eigenvalue weighted by Crippen LogP contribution is -2.31. The molecular weight excluding hydrogens is 320 g/mol. The van der Waals surface area contributed by atoms with Gasteiger partial charge in [-0.15, -0.1) is 23.5 Å². The summed E-state index contributed by atoms with van der Waals surface area (Å²) >= 11 is 4.45. The Hall–Kier alpha value is -0.870. The van der Waals surface area contributed by atoms with E-state index in [4.69, 9.17) is 0 Å². The molecule has 0 radical (unpaired) electrons. The zero-order valence-electron chi connectivity index (χ0n) is 13.9. The van der Waals surface area contributed by atoms with E-state index < -0.39 is 0 Å². The summed E-state index contributed by atoms with van der Waals surface area (Å²) < 4.78 is 2.58. The Morgan fingerprint density at radius 2 is 2.13 bits per heavy atom. The maximum Gasteiger partial charge on any atom is 0.0945 e. The van der Waals surface area contributed by atoms with Crippen molar-refractivity contribution in [2.24, 2.45) is 0 Å². The molecule has 0 spiro atoms. The van der Waals surface area contributed by atoms with Gasteiger partial charge in [-0.05, 0) is 43.4 Å². The lowest BCUT2D eigenvalue weighted by atomic mass is 10.1. The van der Waals surface area contributed by atoms with E-state index in [-0.39, 0.29) is 0 Å². The summed E-state index contributed by atoms with van der Waals surface area (Å²) in [6, 6.07) is 10.9. The predicted octanol–water partition coefficient (Wildman–Crippen LogP) is 5.25. The first-order valence-electron chi connectivity index (χ1n) is 8.61. The van der Waals surface area contributed by atoms with E-state index >= 15 is 0 Å². The van der Waals surface area contributed by atoms with Gasteiger partial charge in [-0.3, -0.25) is 0 Å². The van der Waals surface area contributed by atoms with Crippen molar-refractivity contribution >= 4 is 23.5 Å². The largest absolute Gasteiger partial charge is 0.337 e. The van der Waals surface area contributed by atoms with Crippen LogP contribution in [0.4, 0.5) is 0 Å². The van der Waals surface area contributed by atoms with E-state index in [1.807, 2.05) is 12.5 Å². The molecule has 4 heteroatoms. The molecule has 0 saturated carbocycles. The lowest BCUT2D eigenvalue weighted by molar-refractivity contribution is 0.564. The highest BCUT2D eigenvalue weighted by Crippen LogP contribution is 2.51. The van der Waals surface area contributed by atoms with Crippen LogP contribution < -0.4 is 0 Å². The minimum atomic E-state index is 0.360. The third kappa shape index (κ3) is 4.80. The van der Waals surface area contributed by atoms with Gasteiger partial charge in [-0.25, -0.2) is 4.98 Å². The summed E-state index contributed by atoms with van der Waals surface area (Å²) in [6.45, 7) is 3.41. The highest BCUT2D eigenvalue weighted by molar-refractivity contribution is 8.19. The molecule has 1 aromatic heterocycles. The van der Waals surface area contributed by atoms with Crippen LogP contribution in [-0.2, 0) is 13.0 Å². The highest BCUT2D eigenvalue weighted by atomic mass is 32.2. The Kier molecular flexibility index (Phi) is 6.12. The Bertz CT molecular complexity index is 570. The van der Waals surface area contributed by atoms with Gasteiger partial charge in [0, 0.05) is 24.2 Å². The fraction of sp³-hybridized carbons (Fsp3) is 0.526. The Labute approximate surface area is 148 Å². The van der Waals surface area contributed by atoms with Gasteiger partial charge in [-0.2, -0.15) is 0 Å². The number of hydrogen-bond donors (Lipinski definition) is 0. The normalized spacial score (nSPS) is 24.7. The molecule has 1 fully saturated rings. The monoisotopic (exact) mass is 346 g/mol. The summed E-state index contributed by atoms with van der Waals surface area (Å²) in [7, 11) is 0. The predicted molar refractivity (Wildman–Crippen MR) is 103 cm³/mol. The second kappa shape index (κ2) is 8.29. The highest BCUT2D eigenvalue weighted by Gasteiger charge is 2.36. The molecule has 0 aliphatic carbocycles. The Morgan fingerprint density at radius 1 is 1.26 bits per heavy atom. The molecule has 2 heterocycles. The van der Waals surface area contributed by atoms with Gasteiger partial charge in [0.2, 0.25) is 0 Å². The molecule has 2 atom stereocenters. The van der Waals surface area contributed by atoms with Gasteiger partial charge in [0.1, 0.15) is 0 Å². The van der Waals surface area contributed by atoms with Crippen LogP contribution in [0, 0.1) is 0 Å². The van der Waals surface area contributed by atoms with Crippen molar-refractivity contribution in [2.45, 2.75) is 54.9 Å².